The number of methoxy groups -OCH3 is 2. The summed E-state index contributed by atoms with van der Waals surface area (Å²) in [6.07, 6.45) is 3.78. The molecule has 32 heavy (non-hydrogen) atoms. The number of carbonyl (C=O) groups excluding carboxylic acids is 2. The maximum Gasteiger partial charge on any atom is 0.270 e. The smallest absolute Gasteiger partial charge is 0.270 e. The number of hydrogen-bond acceptors (Lipinski definition) is 6. The third-order valence-electron chi connectivity index (χ3n) is 4.76. The third kappa shape index (κ3) is 4.50. The third-order valence-corrected chi connectivity index (χ3v) is 5.05. The number of allylic oxidation sites excluding steroid dienone is 1. The fourth-order valence-electron chi connectivity index (χ4n) is 3.43. The van der Waals surface area contributed by atoms with Crippen LogP contribution in [0.2, 0.25) is 0 Å². The standard InChI is InChI=1S/C24H24N2O5S/c1-5-9-16-12-15(14-20(31-6-2)21(16)30-4)13-17-22(27)25-24(32)26(23(17)28)18-10-7-8-11-19(18)29-3/h5,7-8,10-14H,1,6,9H2,2-4H3,(H,25,27,32)/b17-13+. The molecule has 1 heterocycles. The van der Waals surface area contributed by atoms with Gasteiger partial charge in [0.15, 0.2) is 16.6 Å². The highest BCUT2D eigenvalue weighted by Gasteiger charge is 2.35. The lowest BCUT2D eigenvalue weighted by Crippen LogP contribution is -2.54. The summed E-state index contributed by atoms with van der Waals surface area (Å²) in [7, 11) is 3.06. The molecule has 3 rings (SSSR count). The molecule has 0 aromatic heterocycles. The van der Waals surface area contributed by atoms with Crippen molar-refractivity contribution < 1.29 is 23.8 Å². The molecular formula is C24H24N2O5S. The Balaban J connectivity index is 2.10. The van der Waals surface area contributed by atoms with Crippen molar-refractivity contribution in [2.75, 3.05) is 25.7 Å². The van der Waals surface area contributed by atoms with Gasteiger partial charge in [-0.25, -0.2) is 4.90 Å². The first kappa shape index (κ1) is 23.0. The number of benzene rings is 2. The van der Waals surface area contributed by atoms with E-state index >= 15 is 0 Å². The van der Waals surface area contributed by atoms with E-state index in [1.807, 2.05) is 13.0 Å². The van der Waals surface area contributed by atoms with E-state index in [9.17, 15) is 9.59 Å². The molecule has 0 unspecified atom stereocenters. The molecule has 1 fully saturated rings. The molecule has 0 atom stereocenters. The average molecular weight is 453 g/mol. The maximum atomic E-state index is 13.3. The number of anilines is 1. The van der Waals surface area contributed by atoms with Crippen molar-refractivity contribution in [3.05, 3.63) is 65.8 Å². The largest absolute Gasteiger partial charge is 0.495 e. The first-order valence-corrected chi connectivity index (χ1v) is 10.3. The number of nitrogens with one attached hydrogen (secondary N) is 1. The summed E-state index contributed by atoms with van der Waals surface area (Å²) >= 11 is 5.27. The maximum absolute atomic E-state index is 13.3. The predicted octanol–water partition coefficient (Wildman–Crippen LogP) is 3.66. The Bertz CT molecular complexity index is 1110. The average Bonchev–Trinajstić information content (AvgIpc) is 2.77. The Morgan fingerprint density at radius 3 is 2.53 bits per heavy atom. The van der Waals surface area contributed by atoms with Crippen molar-refractivity contribution in [1.82, 2.24) is 5.32 Å². The molecule has 7 nitrogen and oxygen atoms in total. The molecular weight excluding hydrogens is 428 g/mol. The van der Waals surface area contributed by atoms with Gasteiger partial charge in [0.25, 0.3) is 11.8 Å². The van der Waals surface area contributed by atoms with Gasteiger partial charge in [0.2, 0.25) is 0 Å². The second kappa shape index (κ2) is 10.1. The van der Waals surface area contributed by atoms with Crippen molar-refractivity contribution in [3.8, 4) is 17.2 Å². The summed E-state index contributed by atoms with van der Waals surface area (Å²) in [4.78, 5) is 27.3. The number of rotatable bonds is 8. The van der Waals surface area contributed by atoms with Crippen molar-refractivity contribution in [1.29, 1.82) is 0 Å². The molecule has 0 radical (unpaired) electrons. The number of ether oxygens (including phenoxy) is 3. The summed E-state index contributed by atoms with van der Waals surface area (Å²) in [5.74, 6) is 0.426. The van der Waals surface area contributed by atoms with Crippen molar-refractivity contribution in [3.63, 3.8) is 0 Å². The molecule has 1 N–H and O–H groups in total. The number of hydrogen-bond donors (Lipinski definition) is 1. The normalized spacial score (nSPS) is 14.9. The van der Waals surface area contributed by atoms with Crippen LogP contribution in [-0.2, 0) is 16.0 Å². The molecule has 166 valence electrons. The second-order valence-electron chi connectivity index (χ2n) is 6.77. The number of amides is 2. The van der Waals surface area contributed by atoms with Gasteiger partial charge in [-0.2, -0.15) is 0 Å². The van der Waals surface area contributed by atoms with Gasteiger partial charge in [-0.15, -0.1) is 6.58 Å². The molecule has 0 bridgehead atoms. The van der Waals surface area contributed by atoms with Gasteiger partial charge in [-0.05, 0) is 61.5 Å². The zero-order valence-electron chi connectivity index (χ0n) is 18.1. The number of para-hydroxylation sites is 2. The molecule has 1 aliphatic heterocycles. The van der Waals surface area contributed by atoms with E-state index in [4.69, 9.17) is 26.4 Å². The Morgan fingerprint density at radius 1 is 1.12 bits per heavy atom. The van der Waals surface area contributed by atoms with Gasteiger partial charge in [0, 0.05) is 5.56 Å². The van der Waals surface area contributed by atoms with E-state index in [0.29, 0.717) is 41.5 Å². The van der Waals surface area contributed by atoms with Gasteiger partial charge in [-0.3, -0.25) is 14.9 Å². The Morgan fingerprint density at radius 2 is 1.88 bits per heavy atom. The minimum Gasteiger partial charge on any atom is -0.495 e. The summed E-state index contributed by atoms with van der Waals surface area (Å²) < 4.78 is 16.6. The predicted molar refractivity (Wildman–Crippen MR) is 127 cm³/mol. The van der Waals surface area contributed by atoms with Crippen LogP contribution in [0.25, 0.3) is 6.08 Å². The van der Waals surface area contributed by atoms with Crippen LogP contribution in [0, 0.1) is 0 Å². The molecule has 2 aromatic carbocycles. The Hall–Kier alpha value is -3.65. The first-order valence-electron chi connectivity index (χ1n) is 9.94. The van der Waals surface area contributed by atoms with Crippen LogP contribution in [0.15, 0.2) is 54.6 Å². The van der Waals surface area contributed by atoms with Crippen LogP contribution >= 0.6 is 12.2 Å². The summed E-state index contributed by atoms with van der Waals surface area (Å²) in [6, 6.07) is 10.5. The number of nitrogens with zero attached hydrogens (tertiary/aromatic N) is 1. The molecule has 2 amide bonds. The van der Waals surface area contributed by atoms with Gasteiger partial charge in [-0.1, -0.05) is 18.2 Å². The monoisotopic (exact) mass is 452 g/mol. The van der Waals surface area contributed by atoms with Crippen LogP contribution in [0.5, 0.6) is 17.2 Å². The van der Waals surface area contributed by atoms with Crippen LogP contribution in [0.1, 0.15) is 18.1 Å². The Kier molecular flexibility index (Phi) is 7.27. The van der Waals surface area contributed by atoms with Crippen molar-refractivity contribution in [2.24, 2.45) is 0 Å². The zero-order valence-corrected chi connectivity index (χ0v) is 19.0. The van der Waals surface area contributed by atoms with E-state index < -0.39 is 11.8 Å². The van der Waals surface area contributed by atoms with Gasteiger partial charge >= 0.3 is 0 Å². The minimum absolute atomic E-state index is 0.0151. The van der Waals surface area contributed by atoms with Gasteiger partial charge < -0.3 is 14.2 Å². The molecule has 0 saturated carbocycles. The van der Waals surface area contributed by atoms with Gasteiger partial charge in [0.05, 0.1) is 26.5 Å². The van der Waals surface area contributed by atoms with Crippen LogP contribution in [0.3, 0.4) is 0 Å². The lowest BCUT2D eigenvalue weighted by Gasteiger charge is -2.29. The van der Waals surface area contributed by atoms with Crippen LogP contribution in [-0.4, -0.2) is 37.8 Å². The SMILES string of the molecule is C=CCc1cc(/C=C2\C(=O)NC(=S)N(c3ccccc3OC)C2=O)cc(OCC)c1OC. The summed E-state index contributed by atoms with van der Waals surface area (Å²) in [6.45, 7) is 6.07. The van der Waals surface area contributed by atoms with Crippen molar-refractivity contribution >= 4 is 40.9 Å². The van der Waals surface area contributed by atoms with Crippen molar-refractivity contribution in [2.45, 2.75) is 13.3 Å². The highest BCUT2D eigenvalue weighted by molar-refractivity contribution is 7.80. The lowest BCUT2D eigenvalue weighted by atomic mass is 10.0. The van der Waals surface area contributed by atoms with E-state index in [2.05, 4.69) is 11.9 Å². The summed E-state index contributed by atoms with van der Waals surface area (Å²) in [5.41, 5.74) is 1.80. The highest BCUT2D eigenvalue weighted by atomic mass is 32.1. The molecule has 0 spiro atoms. The number of carbonyl (C=O) groups is 2. The van der Waals surface area contributed by atoms with E-state index in [0.717, 1.165) is 5.56 Å². The van der Waals surface area contributed by atoms with E-state index in [1.165, 1.54) is 18.1 Å². The van der Waals surface area contributed by atoms with E-state index in [1.54, 1.807) is 43.5 Å². The molecule has 0 aliphatic carbocycles. The summed E-state index contributed by atoms with van der Waals surface area (Å²) in [5, 5.41) is 2.57. The molecule has 2 aromatic rings. The Labute approximate surface area is 192 Å². The fourth-order valence-corrected chi connectivity index (χ4v) is 3.70. The topological polar surface area (TPSA) is 77.1 Å². The highest BCUT2D eigenvalue weighted by Crippen LogP contribution is 2.35. The second-order valence-corrected chi connectivity index (χ2v) is 7.15. The fraction of sp³-hybridized carbons (Fsp3) is 0.208. The first-order chi connectivity index (χ1) is 15.4. The quantitative estimate of drug-likeness (QED) is 0.285. The van der Waals surface area contributed by atoms with Crippen LogP contribution in [0.4, 0.5) is 5.69 Å². The molecule has 8 heteroatoms. The minimum atomic E-state index is -0.579. The molecule has 1 saturated heterocycles. The van der Waals surface area contributed by atoms with Crippen LogP contribution < -0.4 is 24.4 Å². The zero-order chi connectivity index (χ0) is 23.3. The number of thiocarbonyl (C=S) groups is 1. The van der Waals surface area contributed by atoms with E-state index in [-0.39, 0.29) is 10.7 Å². The lowest BCUT2D eigenvalue weighted by molar-refractivity contribution is -0.122. The molecule has 1 aliphatic rings. The van der Waals surface area contributed by atoms with Gasteiger partial charge in [0.1, 0.15) is 11.3 Å².